The highest BCUT2D eigenvalue weighted by atomic mass is 16.5. The van der Waals surface area contributed by atoms with Crippen LogP contribution in [-0.4, -0.2) is 26.7 Å². The molecule has 0 fully saturated rings. The lowest BCUT2D eigenvalue weighted by Gasteiger charge is -2.10. The zero-order valence-electron chi connectivity index (χ0n) is 17.8. The van der Waals surface area contributed by atoms with E-state index >= 15 is 0 Å². The predicted molar refractivity (Wildman–Crippen MR) is 115 cm³/mol. The van der Waals surface area contributed by atoms with Gasteiger partial charge in [-0.1, -0.05) is 18.2 Å². The van der Waals surface area contributed by atoms with Crippen LogP contribution in [0.25, 0.3) is 0 Å². The Labute approximate surface area is 176 Å². The van der Waals surface area contributed by atoms with Crippen molar-refractivity contribution in [2.24, 2.45) is 0 Å². The molecule has 0 radical (unpaired) electrons. The fraction of sp³-hybridized carbons (Fsp3) is 0.292. The summed E-state index contributed by atoms with van der Waals surface area (Å²) in [6.45, 7) is 4.75. The molecule has 3 rings (SSSR count). The lowest BCUT2D eigenvalue weighted by Crippen LogP contribution is -2.25. The third kappa shape index (κ3) is 5.35. The molecule has 3 aromatic rings. The molecule has 1 N–H and O–H groups in total. The standard InChI is InChI=1S/C24H27NO5/c1-16-5-6-17(2)22(13-16)29-15-19-8-10-21(30-19)24(26)25-12-11-18-7-9-20(27-3)23(14-18)28-4/h5-10,13-14H,11-12,15H2,1-4H3,(H,25,26). The second kappa shape index (κ2) is 9.87. The van der Waals surface area contributed by atoms with Gasteiger partial charge in [-0.2, -0.15) is 0 Å². The van der Waals surface area contributed by atoms with Crippen LogP contribution in [0.4, 0.5) is 0 Å². The van der Waals surface area contributed by atoms with Crippen LogP contribution in [0.3, 0.4) is 0 Å². The molecule has 2 aromatic carbocycles. The summed E-state index contributed by atoms with van der Waals surface area (Å²) in [4.78, 5) is 12.4. The molecule has 1 amide bonds. The molecule has 158 valence electrons. The van der Waals surface area contributed by atoms with Crippen molar-refractivity contribution in [2.75, 3.05) is 20.8 Å². The minimum atomic E-state index is -0.256. The Hall–Kier alpha value is -3.41. The largest absolute Gasteiger partial charge is 0.493 e. The summed E-state index contributed by atoms with van der Waals surface area (Å²) in [5.74, 6) is 2.76. The van der Waals surface area contributed by atoms with Crippen molar-refractivity contribution < 1.29 is 23.4 Å². The van der Waals surface area contributed by atoms with E-state index in [1.165, 1.54) is 0 Å². The van der Waals surface area contributed by atoms with E-state index in [9.17, 15) is 4.79 Å². The van der Waals surface area contributed by atoms with Gasteiger partial charge in [0.15, 0.2) is 17.3 Å². The van der Waals surface area contributed by atoms with Crippen molar-refractivity contribution in [3.63, 3.8) is 0 Å². The molecule has 0 bridgehead atoms. The summed E-state index contributed by atoms with van der Waals surface area (Å²) in [5.41, 5.74) is 3.22. The second-order valence-corrected chi connectivity index (χ2v) is 7.02. The third-order valence-electron chi connectivity index (χ3n) is 4.75. The predicted octanol–water partition coefficient (Wildman–Crippen LogP) is 4.47. The van der Waals surface area contributed by atoms with Crippen LogP contribution in [0, 0.1) is 13.8 Å². The van der Waals surface area contributed by atoms with Crippen LogP contribution in [0.2, 0.25) is 0 Å². The lowest BCUT2D eigenvalue weighted by molar-refractivity contribution is 0.0922. The van der Waals surface area contributed by atoms with Gasteiger partial charge in [-0.15, -0.1) is 0 Å². The first-order valence-corrected chi connectivity index (χ1v) is 9.78. The van der Waals surface area contributed by atoms with E-state index in [1.807, 2.05) is 50.2 Å². The third-order valence-corrected chi connectivity index (χ3v) is 4.75. The number of hydrogen-bond acceptors (Lipinski definition) is 5. The van der Waals surface area contributed by atoms with Crippen molar-refractivity contribution >= 4 is 5.91 Å². The Kier molecular flexibility index (Phi) is 7.01. The van der Waals surface area contributed by atoms with Gasteiger partial charge in [-0.25, -0.2) is 0 Å². The molecule has 30 heavy (non-hydrogen) atoms. The van der Waals surface area contributed by atoms with Gasteiger partial charge < -0.3 is 23.9 Å². The highest BCUT2D eigenvalue weighted by molar-refractivity contribution is 5.91. The summed E-state index contributed by atoms with van der Waals surface area (Å²) < 4.78 is 22.0. The van der Waals surface area contributed by atoms with E-state index in [1.54, 1.807) is 26.4 Å². The second-order valence-electron chi connectivity index (χ2n) is 7.02. The number of methoxy groups -OCH3 is 2. The Bertz CT molecular complexity index is 1010. The van der Waals surface area contributed by atoms with Crippen molar-refractivity contribution in [2.45, 2.75) is 26.9 Å². The van der Waals surface area contributed by atoms with E-state index in [2.05, 4.69) is 5.32 Å². The van der Waals surface area contributed by atoms with Crippen LogP contribution in [0.1, 0.15) is 33.0 Å². The molecule has 0 saturated heterocycles. The first kappa shape index (κ1) is 21.3. The average molecular weight is 409 g/mol. The van der Waals surface area contributed by atoms with Crippen LogP contribution in [0.15, 0.2) is 52.9 Å². The maximum absolute atomic E-state index is 12.4. The van der Waals surface area contributed by atoms with E-state index in [0.29, 0.717) is 30.2 Å². The number of nitrogens with one attached hydrogen (secondary N) is 1. The van der Waals surface area contributed by atoms with Gasteiger partial charge in [-0.05, 0) is 67.3 Å². The van der Waals surface area contributed by atoms with Gasteiger partial charge in [0.2, 0.25) is 0 Å². The van der Waals surface area contributed by atoms with Crippen LogP contribution in [-0.2, 0) is 13.0 Å². The normalized spacial score (nSPS) is 10.5. The van der Waals surface area contributed by atoms with Gasteiger partial charge in [0, 0.05) is 6.54 Å². The monoisotopic (exact) mass is 409 g/mol. The quantitative estimate of drug-likeness (QED) is 0.565. The number of hydrogen-bond donors (Lipinski definition) is 1. The maximum atomic E-state index is 12.4. The van der Waals surface area contributed by atoms with Gasteiger partial charge in [-0.3, -0.25) is 4.79 Å². The fourth-order valence-electron chi connectivity index (χ4n) is 3.03. The van der Waals surface area contributed by atoms with Crippen LogP contribution in [0.5, 0.6) is 17.2 Å². The lowest BCUT2D eigenvalue weighted by atomic mass is 10.1. The van der Waals surface area contributed by atoms with E-state index < -0.39 is 0 Å². The number of furan rings is 1. The Morgan fingerprint density at radius 1 is 0.933 bits per heavy atom. The van der Waals surface area contributed by atoms with E-state index in [0.717, 1.165) is 22.4 Å². The number of carbonyl (C=O) groups is 1. The molecule has 0 saturated carbocycles. The smallest absolute Gasteiger partial charge is 0.287 e. The highest BCUT2D eigenvalue weighted by Crippen LogP contribution is 2.27. The molecule has 0 spiro atoms. The summed E-state index contributed by atoms with van der Waals surface area (Å²) in [6.07, 6.45) is 0.662. The number of carbonyl (C=O) groups excluding carboxylic acids is 1. The highest BCUT2D eigenvalue weighted by Gasteiger charge is 2.12. The molecule has 0 aliphatic carbocycles. The number of aryl methyl sites for hydroxylation is 2. The van der Waals surface area contributed by atoms with Crippen molar-refractivity contribution in [1.29, 1.82) is 0 Å². The maximum Gasteiger partial charge on any atom is 0.287 e. The Morgan fingerprint density at radius 2 is 1.73 bits per heavy atom. The molecule has 0 atom stereocenters. The van der Waals surface area contributed by atoms with Crippen molar-refractivity contribution in [1.82, 2.24) is 5.32 Å². The average Bonchev–Trinajstić information content (AvgIpc) is 3.23. The van der Waals surface area contributed by atoms with Crippen LogP contribution >= 0.6 is 0 Å². The number of rotatable bonds is 9. The van der Waals surface area contributed by atoms with E-state index in [4.69, 9.17) is 18.6 Å². The Balaban J connectivity index is 1.51. The topological polar surface area (TPSA) is 69.9 Å². The SMILES string of the molecule is COc1ccc(CCNC(=O)c2ccc(COc3cc(C)ccc3C)o2)cc1OC. The van der Waals surface area contributed by atoms with Crippen molar-refractivity contribution in [3.05, 3.63) is 76.7 Å². The van der Waals surface area contributed by atoms with Crippen LogP contribution < -0.4 is 19.5 Å². The molecular weight excluding hydrogens is 382 g/mol. The fourth-order valence-corrected chi connectivity index (χ4v) is 3.03. The van der Waals surface area contributed by atoms with Gasteiger partial charge in [0.05, 0.1) is 14.2 Å². The zero-order valence-corrected chi connectivity index (χ0v) is 17.8. The molecule has 1 heterocycles. The number of benzene rings is 2. The van der Waals surface area contributed by atoms with Gasteiger partial charge in [0.25, 0.3) is 5.91 Å². The van der Waals surface area contributed by atoms with E-state index in [-0.39, 0.29) is 18.3 Å². The minimum absolute atomic E-state index is 0.256. The summed E-state index contributed by atoms with van der Waals surface area (Å²) in [5, 5.41) is 2.87. The summed E-state index contributed by atoms with van der Waals surface area (Å²) in [6, 6.07) is 15.2. The molecule has 0 aliphatic rings. The number of ether oxygens (including phenoxy) is 3. The van der Waals surface area contributed by atoms with Gasteiger partial charge >= 0.3 is 0 Å². The molecular formula is C24H27NO5. The summed E-state index contributed by atoms with van der Waals surface area (Å²) in [7, 11) is 3.20. The van der Waals surface area contributed by atoms with Crippen molar-refractivity contribution in [3.8, 4) is 17.2 Å². The molecule has 0 unspecified atom stereocenters. The van der Waals surface area contributed by atoms with Gasteiger partial charge in [0.1, 0.15) is 18.1 Å². The number of amides is 1. The molecule has 1 aromatic heterocycles. The molecule has 6 nitrogen and oxygen atoms in total. The first-order valence-electron chi connectivity index (χ1n) is 9.78. The zero-order chi connectivity index (χ0) is 21.5. The Morgan fingerprint density at radius 3 is 2.50 bits per heavy atom. The minimum Gasteiger partial charge on any atom is -0.493 e. The molecule has 6 heteroatoms. The summed E-state index contributed by atoms with van der Waals surface area (Å²) >= 11 is 0. The molecule has 0 aliphatic heterocycles. The first-order chi connectivity index (χ1) is 14.5.